The fourth-order valence-corrected chi connectivity index (χ4v) is 5.12. The zero-order valence-electron chi connectivity index (χ0n) is 16.5. The summed E-state index contributed by atoms with van der Waals surface area (Å²) in [7, 11) is 0. The van der Waals surface area contributed by atoms with Crippen molar-refractivity contribution in [1.82, 2.24) is 4.90 Å². The SMILES string of the molecule is O=C(C1CCCCC1)N1CCCc2cc(C(O)CN3CCCCC3)ccc21. The molecule has 148 valence electrons. The molecule has 2 aliphatic heterocycles. The molecule has 4 rings (SSSR count). The molecule has 4 nitrogen and oxygen atoms in total. The number of carbonyl (C=O) groups is 1. The van der Waals surface area contributed by atoms with Gasteiger partial charge in [-0.2, -0.15) is 0 Å². The van der Waals surface area contributed by atoms with Gasteiger partial charge in [0, 0.05) is 24.7 Å². The molecule has 1 amide bonds. The number of hydrogen-bond acceptors (Lipinski definition) is 3. The quantitative estimate of drug-likeness (QED) is 0.869. The van der Waals surface area contributed by atoms with Crippen LogP contribution >= 0.6 is 0 Å². The third-order valence-electron chi connectivity index (χ3n) is 6.71. The van der Waals surface area contributed by atoms with E-state index in [0.717, 1.165) is 63.1 Å². The minimum atomic E-state index is -0.433. The summed E-state index contributed by atoms with van der Waals surface area (Å²) >= 11 is 0. The first-order valence-corrected chi connectivity index (χ1v) is 11.1. The Morgan fingerprint density at radius 1 is 1.00 bits per heavy atom. The number of aliphatic hydroxyl groups is 1. The van der Waals surface area contributed by atoms with E-state index in [-0.39, 0.29) is 5.92 Å². The molecular weight excluding hydrogens is 336 g/mol. The van der Waals surface area contributed by atoms with Gasteiger partial charge in [0.15, 0.2) is 0 Å². The normalized spacial score (nSPS) is 23.1. The summed E-state index contributed by atoms with van der Waals surface area (Å²) in [6.45, 7) is 3.78. The minimum Gasteiger partial charge on any atom is -0.387 e. The Morgan fingerprint density at radius 3 is 2.52 bits per heavy atom. The maximum atomic E-state index is 13.1. The van der Waals surface area contributed by atoms with Gasteiger partial charge in [0.2, 0.25) is 5.91 Å². The van der Waals surface area contributed by atoms with Crippen molar-refractivity contribution in [2.75, 3.05) is 31.1 Å². The lowest BCUT2D eigenvalue weighted by atomic mass is 9.87. The molecule has 0 aromatic heterocycles. The smallest absolute Gasteiger partial charge is 0.230 e. The van der Waals surface area contributed by atoms with Gasteiger partial charge in [0.1, 0.15) is 0 Å². The molecule has 27 heavy (non-hydrogen) atoms. The van der Waals surface area contributed by atoms with E-state index in [4.69, 9.17) is 0 Å². The van der Waals surface area contributed by atoms with Gasteiger partial charge in [-0.3, -0.25) is 4.79 Å². The second kappa shape index (κ2) is 8.74. The number of nitrogens with zero attached hydrogens (tertiary/aromatic N) is 2. The topological polar surface area (TPSA) is 43.8 Å². The molecule has 2 heterocycles. The standard InChI is InChI=1S/C23H34N2O2/c26-22(17-24-13-5-2-6-14-24)20-11-12-21-19(16-20)10-7-15-25(21)23(27)18-8-3-1-4-9-18/h11-12,16,18,22,26H,1-10,13-15,17H2. The molecule has 1 aromatic carbocycles. The van der Waals surface area contributed by atoms with E-state index in [2.05, 4.69) is 17.0 Å². The van der Waals surface area contributed by atoms with Gasteiger partial charge in [-0.25, -0.2) is 0 Å². The number of fused-ring (bicyclic) bond motifs is 1. The molecule has 0 radical (unpaired) electrons. The van der Waals surface area contributed by atoms with Crippen molar-refractivity contribution in [3.05, 3.63) is 29.3 Å². The van der Waals surface area contributed by atoms with Crippen LogP contribution in [0.5, 0.6) is 0 Å². The number of likely N-dealkylation sites (tertiary alicyclic amines) is 1. The molecule has 1 saturated heterocycles. The highest BCUT2D eigenvalue weighted by Crippen LogP contribution is 2.34. The molecule has 1 atom stereocenters. The Bertz CT molecular complexity index is 648. The van der Waals surface area contributed by atoms with Crippen molar-refractivity contribution >= 4 is 11.6 Å². The molecular formula is C23H34N2O2. The number of amides is 1. The van der Waals surface area contributed by atoms with Crippen LogP contribution in [0.15, 0.2) is 18.2 Å². The second-order valence-corrected chi connectivity index (χ2v) is 8.69. The van der Waals surface area contributed by atoms with Gasteiger partial charge in [0.05, 0.1) is 6.10 Å². The lowest BCUT2D eigenvalue weighted by molar-refractivity contribution is -0.123. The maximum absolute atomic E-state index is 13.1. The maximum Gasteiger partial charge on any atom is 0.230 e. The fourth-order valence-electron chi connectivity index (χ4n) is 5.12. The third kappa shape index (κ3) is 4.38. The monoisotopic (exact) mass is 370 g/mol. The Morgan fingerprint density at radius 2 is 1.74 bits per heavy atom. The highest BCUT2D eigenvalue weighted by Gasteiger charge is 2.30. The lowest BCUT2D eigenvalue weighted by Gasteiger charge is -2.34. The van der Waals surface area contributed by atoms with Crippen LogP contribution in [0.4, 0.5) is 5.69 Å². The Kier molecular flexibility index (Phi) is 6.14. The number of aliphatic hydroxyl groups excluding tert-OH is 1. The summed E-state index contributed by atoms with van der Waals surface area (Å²) in [4.78, 5) is 17.5. The number of anilines is 1. The molecule has 1 aliphatic carbocycles. The predicted molar refractivity (Wildman–Crippen MR) is 109 cm³/mol. The summed E-state index contributed by atoms with van der Waals surface area (Å²) in [6, 6.07) is 6.29. The summed E-state index contributed by atoms with van der Waals surface area (Å²) < 4.78 is 0. The zero-order chi connectivity index (χ0) is 18.6. The molecule has 3 aliphatic rings. The highest BCUT2D eigenvalue weighted by molar-refractivity contribution is 5.96. The zero-order valence-corrected chi connectivity index (χ0v) is 16.5. The van der Waals surface area contributed by atoms with Crippen LogP contribution in [-0.4, -0.2) is 42.1 Å². The van der Waals surface area contributed by atoms with Crippen LogP contribution < -0.4 is 4.90 Å². The van der Waals surface area contributed by atoms with Crippen molar-refractivity contribution < 1.29 is 9.90 Å². The molecule has 2 fully saturated rings. The number of aryl methyl sites for hydroxylation is 1. The van der Waals surface area contributed by atoms with Gasteiger partial charge >= 0.3 is 0 Å². The number of carbonyl (C=O) groups excluding carboxylic acids is 1. The van der Waals surface area contributed by atoms with E-state index in [1.165, 1.54) is 44.1 Å². The van der Waals surface area contributed by atoms with Crippen LogP contribution in [0.2, 0.25) is 0 Å². The van der Waals surface area contributed by atoms with Crippen LogP contribution in [0.3, 0.4) is 0 Å². The van der Waals surface area contributed by atoms with E-state index in [1.54, 1.807) is 0 Å². The van der Waals surface area contributed by atoms with Crippen LogP contribution in [0.25, 0.3) is 0 Å². The molecule has 1 aromatic rings. The summed E-state index contributed by atoms with van der Waals surface area (Å²) in [5, 5.41) is 10.7. The lowest BCUT2D eigenvalue weighted by Crippen LogP contribution is -2.40. The van der Waals surface area contributed by atoms with Crippen molar-refractivity contribution in [2.24, 2.45) is 5.92 Å². The summed E-state index contributed by atoms with van der Waals surface area (Å²) in [5.74, 6) is 0.548. The Labute approximate surface area is 163 Å². The average Bonchev–Trinajstić information content (AvgIpc) is 2.73. The number of rotatable bonds is 4. The van der Waals surface area contributed by atoms with E-state index >= 15 is 0 Å². The van der Waals surface area contributed by atoms with Crippen LogP contribution in [-0.2, 0) is 11.2 Å². The second-order valence-electron chi connectivity index (χ2n) is 8.69. The number of β-amino-alcohol motifs (C(OH)–C–C–N with tert-alkyl or cyclic N) is 1. The first kappa shape index (κ1) is 18.9. The van der Waals surface area contributed by atoms with E-state index in [1.807, 2.05) is 11.0 Å². The number of piperidine rings is 1. The largest absolute Gasteiger partial charge is 0.387 e. The highest BCUT2D eigenvalue weighted by atomic mass is 16.3. The number of hydrogen-bond donors (Lipinski definition) is 1. The van der Waals surface area contributed by atoms with Crippen molar-refractivity contribution in [1.29, 1.82) is 0 Å². The number of benzene rings is 1. The molecule has 1 N–H and O–H groups in total. The Hall–Kier alpha value is -1.39. The molecule has 1 saturated carbocycles. The first-order valence-electron chi connectivity index (χ1n) is 11.1. The predicted octanol–water partition coefficient (Wildman–Crippen LogP) is 4.07. The van der Waals surface area contributed by atoms with Gasteiger partial charge in [-0.05, 0) is 68.8 Å². The van der Waals surface area contributed by atoms with Crippen LogP contribution in [0.1, 0.15) is 75.0 Å². The molecule has 0 bridgehead atoms. The first-order chi connectivity index (χ1) is 13.2. The minimum absolute atomic E-state index is 0.217. The van der Waals surface area contributed by atoms with Crippen LogP contribution in [0, 0.1) is 5.92 Å². The summed E-state index contributed by atoms with van der Waals surface area (Å²) in [5.41, 5.74) is 3.33. The molecule has 0 spiro atoms. The molecule has 1 unspecified atom stereocenters. The summed E-state index contributed by atoms with van der Waals surface area (Å²) in [6.07, 6.45) is 11.2. The van der Waals surface area contributed by atoms with Gasteiger partial charge in [-0.1, -0.05) is 37.8 Å². The van der Waals surface area contributed by atoms with Crippen molar-refractivity contribution in [2.45, 2.75) is 70.3 Å². The van der Waals surface area contributed by atoms with Crippen molar-refractivity contribution in [3.63, 3.8) is 0 Å². The van der Waals surface area contributed by atoms with Gasteiger partial charge in [0.25, 0.3) is 0 Å². The van der Waals surface area contributed by atoms with Gasteiger partial charge < -0.3 is 14.9 Å². The van der Waals surface area contributed by atoms with E-state index < -0.39 is 6.10 Å². The van der Waals surface area contributed by atoms with E-state index in [9.17, 15) is 9.90 Å². The van der Waals surface area contributed by atoms with Gasteiger partial charge in [-0.15, -0.1) is 0 Å². The third-order valence-corrected chi connectivity index (χ3v) is 6.71. The van der Waals surface area contributed by atoms with Crippen molar-refractivity contribution in [3.8, 4) is 0 Å². The molecule has 4 heteroatoms. The van der Waals surface area contributed by atoms with E-state index in [0.29, 0.717) is 5.91 Å². The Balaban J connectivity index is 1.46. The fraction of sp³-hybridized carbons (Fsp3) is 0.696. The average molecular weight is 371 g/mol.